The van der Waals surface area contributed by atoms with Crippen molar-refractivity contribution in [1.82, 2.24) is 19.4 Å². The number of carbonyl (C=O) groups is 1. The predicted octanol–water partition coefficient (Wildman–Crippen LogP) is 10.8. The molecular weight excluding hydrogens is 627 g/mol. The molecule has 2 aromatic carbocycles. The van der Waals surface area contributed by atoms with Crippen LogP contribution in [0.5, 0.6) is 0 Å². The molecule has 0 amide bonds. The van der Waals surface area contributed by atoms with E-state index < -0.39 is 0 Å². The molecule has 0 N–H and O–H groups in total. The van der Waals surface area contributed by atoms with Crippen molar-refractivity contribution in [2.45, 2.75) is 103 Å². The van der Waals surface area contributed by atoms with Crippen molar-refractivity contribution in [3.63, 3.8) is 0 Å². The molecule has 1 aliphatic heterocycles. The van der Waals surface area contributed by atoms with Gasteiger partial charge in [0.25, 0.3) is 0 Å². The Morgan fingerprint density at radius 1 is 0.824 bits per heavy atom. The lowest BCUT2D eigenvalue weighted by Crippen LogP contribution is -2.46. The molecule has 0 radical (unpaired) electrons. The van der Waals surface area contributed by atoms with Crippen LogP contribution >= 0.6 is 0 Å². The second-order valence-corrected chi connectivity index (χ2v) is 14.5. The zero-order chi connectivity index (χ0) is 35.7. The summed E-state index contributed by atoms with van der Waals surface area (Å²) < 4.78 is 1.76. The van der Waals surface area contributed by atoms with E-state index in [-0.39, 0.29) is 5.91 Å². The Hall–Kier alpha value is -4.05. The number of nitrogens with zero attached hydrogens (tertiary/aromatic N) is 5. The fourth-order valence-electron chi connectivity index (χ4n) is 7.52. The summed E-state index contributed by atoms with van der Waals surface area (Å²) in [5.41, 5.74) is 3.60. The number of fused-ring (bicyclic) bond motifs is 2. The average molecular weight is 686 g/mol. The normalized spacial score (nSPS) is 15.2. The van der Waals surface area contributed by atoms with E-state index >= 15 is 0 Å². The summed E-state index contributed by atoms with van der Waals surface area (Å²) in [6, 6.07) is 21.2. The van der Waals surface area contributed by atoms with Crippen LogP contribution in [0.15, 0.2) is 85.2 Å². The quantitative estimate of drug-likeness (QED) is 0.0526. The predicted molar refractivity (Wildman–Crippen MR) is 214 cm³/mol. The third-order valence-corrected chi connectivity index (χ3v) is 10.6. The zero-order valence-corrected chi connectivity index (χ0v) is 31.2. The van der Waals surface area contributed by atoms with Crippen molar-refractivity contribution >= 4 is 33.2 Å². The molecule has 1 saturated heterocycles. The number of hydrogen-bond donors (Lipinski definition) is 0. The van der Waals surface area contributed by atoms with Gasteiger partial charge >= 0.3 is 0 Å². The summed E-state index contributed by atoms with van der Waals surface area (Å²) >= 11 is 0. The Balaban J connectivity index is 1.18. The summed E-state index contributed by atoms with van der Waals surface area (Å²) in [6.45, 7) is 6.40. The van der Waals surface area contributed by atoms with Crippen molar-refractivity contribution in [2.24, 2.45) is 0 Å². The molecule has 5 rings (SSSR count). The first-order valence-electron chi connectivity index (χ1n) is 19.7. The molecule has 4 aromatic rings. The molecule has 51 heavy (non-hydrogen) atoms. The summed E-state index contributed by atoms with van der Waals surface area (Å²) in [4.78, 5) is 22.9. The van der Waals surface area contributed by atoms with Crippen LogP contribution in [0.1, 0.15) is 119 Å². The van der Waals surface area contributed by atoms with Gasteiger partial charge in [-0.2, -0.15) is 5.26 Å². The maximum absolute atomic E-state index is 13.5. The highest BCUT2D eigenvalue weighted by atomic mass is 16.2. The molecule has 6 heteroatoms. The lowest BCUT2D eigenvalue weighted by atomic mass is 9.89. The number of unbranched alkanes of at least 4 members (excludes halogenated alkanes) is 9. The lowest BCUT2D eigenvalue weighted by Gasteiger charge is -2.31. The summed E-state index contributed by atoms with van der Waals surface area (Å²) in [5, 5.41) is 13.7. The number of benzene rings is 2. The minimum absolute atomic E-state index is 0.0562. The smallest absolute Gasteiger partial charge is 0.245 e. The van der Waals surface area contributed by atoms with Gasteiger partial charge in [-0.25, -0.2) is 0 Å². The number of likely N-dealkylation sites (N-methyl/N-ethyl adjacent to an activating group) is 1. The highest BCUT2D eigenvalue weighted by molar-refractivity contribution is 6.01. The molecule has 2 aromatic heterocycles. The van der Waals surface area contributed by atoms with E-state index in [1.807, 2.05) is 36.7 Å². The first kappa shape index (κ1) is 38.2. The van der Waals surface area contributed by atoms with Gasteiger partial charge in [-0.3, -0.25) is 19.2 Å². The van der Waals surface area contributed by atoms with Crippen LogP contribution in [0.25, 0.3) is 27.2 Å². The van der Waals surface area contributed by atoms with Crippen molar-refractivity contribution in [3.05, 3.63) is 96.5 Å². The van der Waals surface area contributed by atoms with Gasteiger partial charge in [-0.1, -0.05) is 106 Å². The van der Waals surface area contributed by atoms with Crippen LogP contribution in [0, 0.1) is 11.3 Å². The Bertz CT molecular complexity index is 1760. The van der Waals surface area contributed by atoms with E-state index in [2.05, 4.69) is 78.4 Å². The molecule has 0 bridgehead atoms. The molecule has 0 spiro atoms. The van der Waals surface area contributed by atoms with Gasteiger partial charge in [0.05, 0.1) is 29.4 Å². The number of rotatable bonds is 20. The molecular formula is C45H59N5O. The van der Waals surface area contributed by atoms with E-state index in [0.717, 1.165) is 81.2 Å². The second kappa shape index (κ2) is 20.7. The van der Waals surface area contributed by atoms with Gasteiger partial charge in [-0.15, -0.1) is 0 Å². The number of aromatic nitrogens is 2. The minimum atomic E-state index is 0.0562. The second-order valence-electron chi connectivity index (χ2n) is 14.5. The Morgan fingerprint density at radius 2 is 1.51 bits per heavy atom. The number of pyridine rings is 1. The summed E-state index contributed by atoms with van der Waals surface area (Å²) in [5.74, 6) is 0.465. The number of carbonyl (C=O) groups excluding carboxylic acids is 1. The number of para-hydroxylation sites is 1. The van der Waals surface area contributed by atoms with Gasteiger partial charge in [0.2, 0.25) is 5.91 Å². The maximum atomic E-state index is 13.5. The first-order valence-corrected chi connectivity index (χ1v) is 19.7. The molecule has 0 aliphatic carbocycles. The van der Waals surface area contributed by atoms with E-state index in [1.54, 1.807) is 4.57 Å². The Labute approximate surface area is 306 Å². The maximum Gasteiger partial charge on any atom is 0.245 e. The highest BCUT2D eigenvalue weighted by Crippen LogP contribution is 2.32. The van der Waals surface area contributed by atoms with Crippen LogP contribution in [0.4, 0.5) is 0 Å². The fraction of sp³-hybridized carbons (Fsp3) is 0.489. The van der Waals surface area contributed by atoms with E-state index in [9.17, 15) is 10.1 Å². The molecule has 3 heterocycles. The SMILES string of the molecule is CCCCCCCC/C=C\CCCC(CCCC/C=C(\C#N)c1cn(C(=O)CN2CCN(C)CC2)c2ccccc12)c1nccc2ccccc12. The lowest BCUT2D eigenvalue weighted by molar-refractivity contribution is 0.0801. The Kier molecular flexibility index (Phi) is 15.5. The van der Waals surface area contributed by atoms with E-state index in [1.165, 1.54) is 67.8 Å². The molecule has 1 unspecified atom stereocenters. The van der Waals surface area contributed by atoms with Crippen LogP contribution in [0.3, 0.4) is 0 Å². The van der Waals surface area contributed by atoms with Crippen LogP contribution in [-0.4, -0.2) is 65.0 Å². The summed E-state index contributed by atoms with van der Waals surface area (Å²) in [7, 11) is 2.12. The fourth-order valence-corrected chi connectivity index (χ4v) is 7.52. The topological polar surface area (TPSA) is 65.2 Å². The standard InChI is InChI=1S/C45H59N5O/c1-3-4-5-6-7-8-9-10-11-12-14-22-38(45-40-25-18-17-21-37(40)28-29-47-45)23-15-13-16-24-39(34-46)42-35-50(43-27-20-19-26-41(42)43)44(51)36-49-32-30-48(2)31-33-49/h10-11,17-21,24-29,35,38H,3-9,12-16,22-23,30-33,36H2,1-2H3/b11-10-,39-24+. The van der Waals surface area contributed by atoms with Crippen LogP contribution in [-0.2, 0) is 0 Å². The van der Waals surface area contributed by atoms with Gasteiger partial charge < -0.3 is 4.90 Å². The third kappa shape index (κ3) is 11.2. The average Bonchev–Trinajstić information content (AvgIpc) is 3.55. The molecule has 1 fully saturated rings. The van der Waals surface area contributed by atoms with Crippen LogP contribution in [0.2, 0.25) is 0 Å². The van der Waals surface area contributed by atoms with E-state index in [4.69, 9.17) is 4.98 Å². The molecule has 1 atom stereocenters. The van der Waals surface area contributed by atoms with Gasteiger partial charge in [0.1, 0.15) is 0 Å². The molecule has 0 saturated carbocycles. The van der Waals surface area contributed by atoms with Crippen molar-refractivity contribution < 1.29 is 4.79 Å². The molecule has 1 aliphatic rings. The number of hydrogen-bond acceptors (Lipinski definition) is 5. The van der Waals surface area contributed by atoms with Gasteiger partial charge in [0, 0.05) is 60.8 Å². The minimum Gasteiger partial charge on any atom is -0.304 e. The zero-order valence-electron chi connectivity index (χ0n) is 31.2. The van der Waals surface area contributed by atoms with E-state index in [0.29, 0.717) is 18.0 Å². The molecule has 270 valence electrons. The van der Waals surface area contributed by atoms with Crippen molar-refractivity contribution in [1.29, 1.82) is 5.26 Å². The number of allylic oxidation sites excluding steroid dienone is 4. The first-order chi connectivity index (χ1) is 25.1. The van der Waals surface area contributed by atoms with Crippen molar-refractivity contribution in [2.75, 3.05) is 39.8 Å². The third-order valence-electron chi connectivity index (χ3n) is 10.6. The highest BCUT2D eigenvalue weighted by Gasteiger charge is 2.21. The number of nitriles is 1. The monoisotopic (exact) mass is 685 g/mol. The largest absolute Gasteiger partial charge is 0.304 e. The van der Waals surface area contributed by atoms with Crippen LogP contribution < -0.4 is 0 Å². The van der Waals surface area contributed by atoms with Gasteiger partial charge in [0.15, 0.2) is 0 Å². The van der Waals surface area contributed by atoms with Crippen molar-refractivity contribution in [3.8, 4) is 6.07 Å². The number of piperazine rings is 1. The summed E-state index contributed by atoms with van der Waals surface area (Å²) in [6.07, 6.45) is 27.4. The molecule has 6 nitrogen and oxygen atoms in total. The Morgan fingerprint density at radius 3 is 2.31 bits per heavy atom. The van der Waals surface area contributed by atoms with Gasteiger partial charge in [-0.05, 0) is 75.9 Å².